The quantitative estimate of drug-likeness (QED) is 0.684. The van der Waals surface area contributed by atoms with Crippen molar-refractivity contribution in [1.29, 1.82) is 0 Å². The first-order chi connectivity index (χ1) is 13.5. The zero-order chi connectivity index (χ0) is 21.4. The summed E-state index contributed by atoms with van der Waals surface area (Å²) in [4.78, 5) is 15.7. The van der Waals surface area contributed by atoms with Crippen molar-refractivity contribution in [3.8, 4) is 0 Å². The van der Waals surface area contributed by atoms with E-state index in [9.17, 15) is 26.4 Å². The van der Waals surface area contributed by atoms with Crippen LogP contribution in [-0.2, 0) is 16.0 Å². The first-order valence-corrected chi connectivity index (χ1v) is 11.1. The van der Waals surface area contributed by atoms with Crippen LogP contribution in [0.5, 0.6) is 0 Å². The molecule has 2 aromatic carbocycles. The lowest BCUT2D eigenvalue weighted by Gasteiger charge is -2.24. The third-order valence-corrected chi connectivity index (χ3v) is 5.79. The van der Waals surface area contributed by atoms with E-state index < -0.39 is 33.6 Å². The van der Waals surface area contributed by atoms with Gasteiger partial charge in [-0.1, -0.05) is 23.7 Å². The van der Waals surface area contributed by atoms with Crippen LogP contribution in [0.3, 0.4) is 0 Å². The molecule has 0 spiro atoms. The van der Waals surface area contributed by atoms with Gasteiger partial charge < -0.3 is 4.90 Å². The van der Waals surface area contributed by atoms with E-state index in [1.807, 2.05) is 0 Å². The van der Waals surface area contributed by atoms with E-state index in [0.29, 0.717) is 16.3 Å². The first kappa shape index (κ1) is 21.4. The van der Waals surface area contributed by atoms with E-state index in [0.717, 1.165) is 18.4 Å². The Morgan fingerprint density at radius 3 is 2.38 bits per heavy atom. The lowest BCUT2D eigenvalue weighted by atomic mass is 10.0. The molecule has 2 aromatic rings. The molecule has 0 bridgehead atoms. The number of rotatable bonds is 5. The highest BCUT2D eigenvalue weighted by Crippen LogP contribution is 2.37. The van der Waals surface area contributed by atoms with Crippen LogP contribution in [0.15, 0.2) is 48.5 Å². The van der Waals surface area contributed by atoms with Crippen molar-refractivity contribution in [3.05, 3.63) is 64.7 Å². The number of amides is 2. The first-order valence-electron chi connectivity index (χ1n) is 8.64. The minimum atomic E-state index is -4.51. The summed E-state index contributed by atoms with van der Waals surface area (Å²) in [6.45, 7) is 0.0233. The third-order valence-electron chi connectivity index (χ3n) is 4.62. The number of sulfone groups is 1. The summed E-state index contributed by atoms with van der Waals surface area (Å²) in [5.41, 5.74) is -0.0401. The number of anilines is 1. The van der Waals surface area contributed by atoms with Gasteiger partial charge in [0.2, 0.25) is 0 Å². The van der Waals surface area contributed by atoms with Crippen molar-refractivity contribution in [1.82, 2.24) is 4.90 Å². The van der Waals surface area contributed by atoms with Crippen molar-refractivity contribution < 1.29 is 26.4 Å². The van der Waals surface area contributed by atoms with Crippen LogP contribution in [0.1, 0.15) is 17.2 Å². The summed E-state index contributed by atoms with van der Waals surface area (Å²) in [5.74, 6) is -0.234. The Hall–Kier alpha value is -2.26. The van der Waals surface area contributed by atoms with Crippen LogP contribution < -0.4 is 4.90 Å². The molecule has 2 amide bonds. The lowest BCUT2D eigenvalue weighted by Crippen LogP contribution is -2.35. The molecule has 10 heteroatoms. The Kier molecular flexibility index (Phi) is 5.82. The summed E-state index contributed by atoms with van der Waals surface area (Å²) < 4.78 is 62.5. The summed E-state index contributed by atoms with van der Waals surface area (Å²) in [5, 5.41) is 0.449. The number of urea groups is 1. The maximum atomic E-state index is 13.2. The summed E-state index contributed by atoms with van der Waals surface area (Å²) >= 11 is 5.90. The number of benzene rings is 2. The van der Waals surface area contributed by atoms with Crippen LogP contribution in [-0.4, -0.2) is 44.4 Å². The van der Waals surface area contributed by atoms with E-state index in [1.54, 1.807) is 24.3 Å². The standard InChI is InChI=1S/C19H18ClF3N2O3S/c1-29(27,28)10-9-24-12-17(13-3-2-4-14(11-13)19(21,22)23)25(18(24)26)16-7-5-15(20)6-8-16/h2-8,11,17H,9-10,12H2,1H3/t17-/m1/s1. The molecule has 1 aliphatic heterocycles. The van der Waals surface area contributed by atoms with Gasteiger partial charge in [0.25, 0.3) is 0 Å². The number of halogens is 4. The molecular formula is C19H18ClF3N2O3S. The molecular weight excluding hydrogens is 429 g/mol. The van der Waals surface area contributed by atoms with Crippen LogP contribution in [0.25, 0.3) is 0 Å². The Labute approximate surface area is 171 Å². The van der Waals surface area contributed by atoms with Gasteiger partial charge in [0.15, 0.2) is 0 Å². The molecule has 156 valence electrons. The minimum absolute atomic E-state index is 0.0444. The second kappa shape index (κ2) is 7.87. The van der Waals surface area contributed by atoms with Crippen LogP contribution in [0, 0.1) is 0 Å². The fourth-order valence-electron chi connectivity index (χ4n) is 3.19. The van der Waals surface area contributed by atoms with E-state index in [-0.39, 0.29) is 18.8 Å². The summed E-state index contributed by atoms with van der Waals surface area (Å²) in [6, 6.07) is 9.97. The average molecular weight is 447 g/mol. The fraction of sp³-hybridized carbons (Fsp3) is 0.316. The zero-order valence-corrected chi connectivity index (χ0v) is 16.9. The topological polar surface area (TPSA) is 57.7 Å². The Morgan fingerprint density at radius 2 is 1.79 bits per heavy atom. The molecule has 0 radical (unpaired) electrons. The van der Waals surface area contributed by atoms with Crippen molar-refractivity contribution in [2.24, 2.45) is 0 Å². The van der Waals surface area contributed by atoms with Crippen molar-refractivity contribution in [2.75, 3.05) is 30.0 Å². The number of carbonyl (C=O) groups excluding carboxylic acids is 1. The second-order valence-corrected chi connectivity index (χ2v) is 9.54. The number of alkyl halides is 3. The predicted molar refractivity (Wildman–Crippen MR) is 105 cm³/mol. The highest BCUT2D eigenvalue weighted by Gasteiger charge is 2.40. The molecule has 0 saturated carbocycles. The molecule has 3 rings (SSSR count). The number of hydrogen-bond donors (Lipinski definition) is 0. The van der Waals surface area contributed by atoms with Crippen molar-refractivity contribution in [2.45, 2.75) is 12.2 Å². The molecule has 0 N–H and O–H groups in total. The Morgan fingerprint density at radius 1 is 1.14 bits per heavy atom. The molecule has 1 heterocycles. The maximum absolute atomic E-state index is 13.2. The van der Waals surface area contributed by atoms with Gasteiger partial charge in [-0.2, -0.15) is 13.2 Å². The normalized spacial score (nSPS) is 17.8. The van der Waals surface area contributed by atoms with Gasteiger partial charge in [-0.05, 0) is 42.0 Å². The van der Waals surface area contributed by atoms with Crippen molar-refractivity contribution in [3.63, 3.8) is 0 Å². The number of nitrogens with zero attached hydrogens (tertiary/aromatic N) is 2. The average Bonchev–Trinajstić information content (AvgIpc) is 2.96. The maximum Gasteiger partial charge on any atom is 0.416 e. The molecule has 0 aliphatic carbocycles. The van der Waals surface area contributed by atoms with E-state index in [1.165, 1.54) is 21.9 Å². The highest BCUT2D eigenvalue weighted by atomic mass is 35.5. The molecule has 1 fully saturated rings. The molecule has 0 aromatic heterocycles. The second-order valence-electron chi connectivity index (χ2n) is 6.84. The van der Waals surface area contributed by atoms with Gasteiger partial charge in [-0.3, -0.25) is 4.90 Å². The molecule has 0 unspecified atom stereocenters. The summed E-state index contributed by atoms with van der Waals surface area (Å²) in [7, 11) is -3.31. The van der Waals surface area contributed by atoms with E-state index >= 15 is 0 Å². The van der Waals surface area contributed by atoms with E-state index in [2.05, 4.69) is 0 Å². The van der Waals surface area contributed by atoms with Crippen LogP contribution >= 0.6 is 11.6 Å². The monoisotopic (exact) mass is 446 g/mol. The van der Waals surface area contributed by atoms with Gasteiger partial charge in [0.05, 0.1) is 17.4 Å². The highest BCUT2D eigenvalue weighted by molar-refractivity contribution is 7.90. The van der Waals surface area contributed by atoms with Crippen LogP contribution in [0.2, 0.25) is 5.02 Å². The van der Waals surface area contributed by atoms with Gasteiger partial charge >= 0.3 is 12.2 Å². The van der Waals surface area contributed by atoms with E-state index in [4.69, 9.17) is 11.6 Å². The SMILES string of the molecule is CS(=O)(=O)CCN1C[C@H](c2cccc(C(F)(F)F)c2)N(c2ccc(Cl)cc2)C1=O. The molecule has 29 heavy (non-hydrogen) atoms. The largest absolute Gasteiger partial charge is 0.416 e. The fourth-order valence-corrected chi connectivity index (χ4v) is 3.86. The molecule has 1 saturated heterocycles. The van der Waals surface area contributed by atoms with Crippen LogP contribution in [0.4, 0.5) is 23.7 Å². The zero-order valence-electron chi connectivity index (χ0n) is 15.4. The molecule has 1 aliphatic rings. The Bertz CT molecular complexity index is 1010. The lowest BCUT2D eigenvalue weighted by molar-refractivity contribution is -0.137. The van der Waals surface area contributed by atoms with Gasteiger partial charge in [0.1, 0.15) is 9.84 Å². The predicted octanol–water partition coefficient (Wildman–Crippen LogP) is 4.39. The van der Waals surface area contributed by atoms with Crippen molar-refractivity contribution >= 4 is 33.2 Å². The van der Waals surface area contributed by atoms with Gasteiger partial charge in [-0.25, -0.2) is 13.2 Å². The summed E-state index contributed by atoms with van der Waals surface area (Å²) in [6.07, 6.45) is -3.45. The van der Waals surface area contributed by atoms with Gasteiger partial charge in [-0.15, -0.1) is 0 Å². The Balaban J connectivity index is 1.99. The van der Waals surface area contributed by atoms with Gasteiger partial charge in [0, 0.05) is 30.1 Å². The third kappa shape index (κ3) is 5.02. The number of carbonyl (C=O) groups is 1. The molecule has 5 nitrogen and oxygen atoms in total. The molecule has 1 atom stereocenters. The number of hydrogen-bond acceptors (Lipinski definition) is 3. The minimum Gasteiger partial charge on any atom is -0.321 e. The smallest absolute Gasteiger partial charge is 0.321 e.